The average molecular weight is 527 g/mol. The van der Waals surface area contributed by atoms with Crippen molar-refractivity contribution in [2.45, 2.75) is 59.4 Å². The van der Waals surface area contributed by atoms with E-state index in [2.05, 4.69) is 30.9 Å². The van der Waals surface area contributed by atoms with Crippen molar-refractivity contribution in [3.63, 3.8) is 0 Å². The molecule has 0 aliphatic rings. The average Bonchev–Trinajstić information content (AvgIpc) is 2.91. The number of pyridine rings is 2. The first-order valence-corrected chi connectivity index (χ1v) is 13.1. The van der Waals surface area contributed by atoms with Crippen LogP contribution < -0.4 is 5.73 Å². The van der Waals surface area contributed by atoms with Gasteiger partial charge in [0.05, 0.1) is 18.0 Å². The van der Waals surface area contributed by atoms with Gasteiger partial charge in [-0.15, -0.1) is 0 Å². The van der Waals surface area contributed by atoms with Crippen LogP contribution in [0.2, 0.25) is 0 Å². The Bertz CT molecular complexity index is 1440. The van der Waals surface area contributed by atoms with E-state index in [9.17, 15) is 14.3 Å². The number of primary amides is 1. The Hall–Kier alpha value is -3.94. The van der Waals surface area contributed by atoms with Gasteiger partial charge in [0.15, 0.2) is 0 Å². The van der Waals surface area contributed by atoms with Crippen LogP contribution in [0.15, 0.2) is 73.1 Å². The zero-order chi connectivity index (χ0) is 27.9. The summed E-state index contributed by atoms with van der Waals surface area (Å²) in [6.45, 7) is 7.68. The van der Waals surface area contributed by atoms with Crippen molar-refractivity contribution in [1.82, 2.24) is 14.9 Å². The molecule has 0 fully saturated rings. The highest BCUT2D eigenvalue weighted by molar-refractivity contribution is 5.93. The van der Waals surface area contributed by atoms with Gasteiger partial charge in [0.25, 0.3) is 0 Å². The molecule has 1 amide bonds. The molecule has 1 atom stereocenters. The van der Waals surface area contributed by atoms with E-state index in [-0.39, 0.29) is 18.3 Å². The van der Waals surface area contributed by atoms with Crippen molar-refractivity contribution in [2.24, 2.45) is 5.73 Å². The number of rotatable bonds is 11. The van der Waals surface area contributed by atoms with Crippen LogP contribution >= 0.6 is 0 Å². The normalized spacial score (nSPS) is 12.1. The fourth-order valence-corrected chi connectivity index (χ4v) is 4.86. The fourth-order valence-electron chi connectivity index (χ4n) is 4.86. The second kappa shape index (κ2) is 12.7. The first kappa shape index (κ1) is 28.1. The first-order chi connectivity index (χ1) is 18.7. The minimum absolute atomic E-state index is 0.186. The summed E-state index contributed by atoms with van der Waals surface area (Å²) in [5, 5.41) is 10.0. The Morgan fingerprint density at radius 1 is 0.949 bits per heavy atom. The quantitative estimate of drug-likeness (QED) is 0.274. The van der Waals surface area contributed by atoms with Crippen LogP contribution in [-0.4, -0.2) is 25.9 Å². The topological polar surface area (TPSA) is 92.3 Å². The van der Waals surface area contributed by atoms with Gasteiger partial charge >= 0.3 is 0 Å². The monoisotopic (exact) mass is 526 g/mol. The van der Waals surface area contributed by atoms with Gasteiger partial charge in [-0.05, 0) is 89.9 Å². The van der Waals surface area contributed by atoms with E-state index in [4.69, 9.17) is 15.7 Å². The molecular formula is C32H35FN4O2. The predicted octanol–water partition coefficient (Wildman–Crippen LogP) is 5.37. The standard InChI is InChI=1S/C32H35FN4O2/c1-21-13-23(3)30(36-16-21)18-37(17-27-7-6-26(32(34)39)15-28(27)20-38)19-31-25(5-4-12-35-31)14-22(2)24-8-10-29(33)11-9-24/h4-13,15-16,22,38H,14,17-20H2,1-3H3,(H2,34,39). The molecule has 39 heavy (non-hydrogen) atoms. The molecule has 202 valence electrons. The van der Waals surface area contributed by atoms with Crippen LogP contribution in [0, 0.1) is 19.7 Å². The van der Waals surface area contributed by atoms with E-state index >= 15 is 0 Å². The molecule has 2 aromatic carbocycles. The number of carbonyl (C=O) groups excluding carboxylic acids is 1. The van der Waals surface area contributed by atoms with Gasteiger partial charge in [0.2, 0.25) is 5.91 Å². The Morgan fingerprint density at radius 3 is 2.38 bits per heavy atom. The van der Waals surface area contributed by atoms with Crippen molar-refractivity contribution < 1.29 is 14.3 Å². The number of hydrogen-bond donors (Lipinski definition) is 2. The highest BCUT2D eigenvalue weighted by Gasteiger charge is 2.18. The predicted molar refractivity (Wildman–Crippen MR) is 150 cm³/mol. The van der Waals surface area contributed by atoms with E-state index in [0.717, 1.165) is 45.6 Å². The van der Waals surface area contributed by atoms with Crippen LogP contribution in [-0.2, 0) is 32.7 Å². The zero-order valence-electron chi connectivity index (χ0n) is 22.7. The highest BCUT2D eigenvalue weighted by atomic mass is 19.1. The van der Waals surface area contributed by atoms with Gasteiger partial charge in [-0.1, -0.05) is 37.3 Å². The van der Waals surface area contributed by atoms with Crippen LogP contribution in [0.4, 0.5) is 4.39 Å². The summed E-state index contributed by atoms with van der Waals surface area (Å²) in [4.78, 5) is 23.4. The van der Waals surface area contributed by atoms with E-state index in [1.54, 1.807) is 18.3 Å². The second-order valence-corrected chi connectivity index (χ2v) is 10.2. The van der Waals surface area contributed by atoms with Crippen molar-refractivity contribution in [3.05, 3.63) is 129 Å². The van der Waals surface area contributed by atoms with Crippen molar-refractivity contribution in [2.75, 3.05) is 0 Å². The summed E-state index contributed by atoms with van der Waals surface area (Å²) in [6, 6.07) is 18.0. The molecule has 2 heterocycles. The van der Waals surface area contributed by atoms with Crippen LogP contribution in [0.25, 0.3) is 0 Å². The summed E-state index contributed by atoms with van der Waals surface area (Å²) in [5.41, 5.74) is 13.7. The van der Waals surface area contributed by atoms with Gasteiger partial charge in [0.1, 0.15) is 5.82 Å². The van der Waals surface area contributed by atoms with Gasteiger partial charge in [-0.25, -0.2) is 4.39 Å². The fraction of sp³-hybridized carbons (Fsp3) is 0.281. The van der Waals surface area contributed by atoms with Crippen LogP contribution in [0.5, 0.6) is 0 Å². The molecule has 3 N–H and O–H groups in total. The van der Waals surface area contributed by atoms with E-state index in [1.165, 1.54) is 12.1 Å². The summed E-state index contributed by atoms with van der Waals surface area (Å²) in [5.74, 6) is -0.582. The number of amides is 1. The molecule has 4 aromatic rings. The van der Waals surface area contributed by atoms with Gasteiger partial charge in [0, 0.05) is 37.6 Å². The largest absolute Gasteiger partial charge is 0.392 e. The van der Waals surface area contributed by atoms with Crippen molar-refractivity contribution in [1.29, 1.82) is 0 Å². The summed E-state index contributed by atoms with van der Waals surface area (Å²) < 4.78 is 13.4. The minimum Gasteiger partial charge on any atom is -0.392 e. The lowest BCUT2D eigenvalue weighted by atomic mass is 9.93. The molecule has 0 aliphatic heterocycles. The molecule has 0 radical (unpaired) electrons. The number of aliphatic hydroxyl groups is 1. The number of hydrogen-bond acceptors (Lipinski definition) is 5. The molecule has 0 saturated carbocycles. The van der Waals surface area contributed by atoms with Gasteiger partial charge < -0.3 is 10.8 Å². The molecule has 0 aliphatic carbocycles. The van der Waals surface area contributed by atoms with Crippen molar-refractivity contribution >= 4 is 5.91 Å². The number of benzene rings is 2. The maximum Gasteiger partial charge on any atom is 0.248 e. The van der Waals surface area contributed by atoms with Crippen LogP contribution in [0.1, 0.15) is 68.0 Å². The molecule has 6 nitrogen and oxygen atoms in total. The number of aliphatic hydroxyl groups excluding tert-OH is 1. The third-order valence-corrected chi connectivity index (χ3v) is 7.07. The maximum absolute atomic E-state index is 13.4. The Labute approximate surface area is 229 Å². The third-order valence-electron chi connectivity index (χ3n) is 7.07. The third kappa shape index (κ3) is 7.34. The summed E-state index contributed by atoms with van der Waals surface area (Å²) >= 11 is 0. The Morgan fingerprint density at radius 2 is 1.69 bits per heavy atom. The Balaban J connectivity index is 1.64. The molecule has 0 spiro atoms. The smallest absolute Gasteiger partial charge is 0.248 e. The lowest BCUT2D eigenvalue weighted by Gasteiger charge is -2.25. The molecule has 1 unspecified atom stereocenters. The maximum atomic E-state index is 13.4. The number of carbonyl (C=O) groups is 1. The molecular weight excluding hydrogens is 491 g/mol. The highest BCUT2D eigenvalue weighted by Crippen LogP contribution is 2.24. The van der Waals surface area contributed by atoms with Gasteiger partial charge in [-0.3, -0.25) is 19.7 Å². The number of nitrogens with zero attached hydrogens (tertiary/aromatic N) is 3. The minimum atomic E-state index is -0.527. The zero-order valence-corrected chi connectivity index (χ0v) is 22.7. The molecule has 2 aromatic heterocycles. The lowest BCUT2D eigenvalue weighted by molar-refractivity contribution is 0.1000. The number of aromatic nitrogens is 2. The molecule has 4 rings (SSSR count). The molecule has 0 saturated heterocycles. The summed E-state index contributed by atoms with van der Waals surface area (Å²) in [7, 11) is 0. The van der Waals surface area contributed by atoms with E-state index < -0.39 is 5.91 Å². The lowest BCUT2D eigenvalue weighted by Crippen LogP contribution is -2.26. The molecule has 7 heteroatoms. The SMILES string of the molecule is Cc1cnc(CN(Cc2ccc(C(N)=O)cc2CO)Cc2ncccc2CC(C)c2ccc(F)cc2)c(C)c1. The first-order valence-electron chi connectivity index (χ1n) is 13.1. The van der Waals surface area contributed by atoms with E-state index in [1.807, 2.05) is 37.4 Å². The number of nitrogens with two attached hydrogens (primary N) is 1. The molecule has 0 bridgehead atoms. The second-order valence-electron chi connectivity index (χ2n) is 10.2. The Kier molecular flexibility index (Phi) is 9.17. The van der Waals surface area contributed by atoms with Crippen LogP contribution in [0.3, 0.4) is 0 Å². The van der Waals surface area contributed by atoms with E-state index in [0.29, 0.717) is 30.8 Å². The number of aryl methyl sites for hydroxylation is 2. The van der Waals surface area contributed by atoms with Gasteiger partial charge in [-0.2, -0.15) is 0 Å². The van der Waals surface area contributed by atoms with Crippen molar-refractivity contribution in [3.8, 4) is 0 Å². The summed E-state index contributed by atoms with van der Waals surface area (Å²) in [6.07, 6.45) is 4.44. The number of halogens is 1.